The molecule has 0 spiro atoms. The molecule has 1 aliphatic heterocycles. The van der Waals surface area contributed by atoms with Crippen molar-refractivity contribution in [2.75, 3.05) is 12.3 Å². The van der Waals surface area contributed by atoms with E-state index in [1.165, 1.54) is 0 Å². The molecule has 0 amide bonds. The minimum absolute atomic E-state index is 0.114. The number of hydrogen-bond acceptors (Lipinski definition) is 3. The van der Waals surface area contributed by atoms with Gasteiger partial charge in [0.25, 0.3) is 0 Å². The smallest absolute Gasteiger partial charge is 0.245 e. The third kappa shape index (κ3) is 2.37. The first kappa shape index (κ1) is 13.4. The monoisotopic (exact) mass is 268 g/mol. The van der Waals surface area contributed by atoms with E-state index in [0.29, 0.717) is 12.2 Å². The molecule has 4 nitrogen and oxygen atoms in total. The number of anilines is 1. The van der Waals surface area contributed by atoms with E-state index < -0.39 is 10.0 Å². The summed E-state index contributed by atoms with van der Waals surface area (Å²) < 4.78 is 26.9. The van der Waals surface area contributed by atoms with Crippen LogP contribution in [0.15, 0.2) is 29.2 Å². The van der Waals surface area contributed by atoms with Crippen LogP contribution < -0.4 is 5.73 Å². The fourth-order valence-corrected chi connectivity index (χ4v) is 4.43. The van der Waals surface area contributed by atoms with Gasteiger partial charge in [0.05, 0.1) is 5.69 Å². The van der Waals surface area contributed by atoms with Gasteiger partial charge in [-0.1, -0.05) is 25.5 Å². The van der Waals surface area contributed by atoms with Gasteiger partial charge in [-0.05, 0) is 31.4 Å². The summed E-state index contributed by atoms with van der Waals surface area (Å²) in [6.07, 6.45) is 3.84. The second-order valence-corrected chi connectivity index (χ2v) is 6.57. The van der Waals surface area contributed by atoms with Gasteiger partial charge in [-0.25, -0.2) is 8.42 Å². The number of benzene rings is 1. The lowest BCUT2D eigenvalue weighted by Crippen LogP contribution is -2.43. The Bertz CT molecular complexity index is 513. The van der Waals surface area contributed by atoms with Crippen LogP contribution in [0.1, 0.15) is 32.6 Å². The predicted molar refractivity (Wildman–Crippen MR) is 72.7 cm³/mol. The number of piperidine rings is 1. The highest BCUT2D eigenvalue weighted by atomic mass is 32.2. The van der Waals surface area contributed by atoms with Crippen molar-refractivity contribution in [1.82, 2.24) is 4.31 Å². The molecule has 100 valence electrons. The van der Waals surface area contributed by atoms with Crippen molar-refractivity contribution in [3.63, 3.8) is 0 Å². The Morgan fingerprint density at radius 3 is 2.72 bits per heavy atom. The third-order valence-corrected chi connectivity index (χ3v) is 5.58. The van der Waals surface area contributed by atoms with Crippen LogP contribution in [0.25, 0.3) is 0 Å². The molecule has 0 radical (unpaired) electrons. The first-order chi connectivity index (χ1) is 8.57. The van der Waals surface area contributed by atoms with E-state index in [9.17, 15) is 8.42 Å². The summed E-state index contributed by atoms with van der Waals surface area (Å²) in [7, 11) is -3.45. The van der Waals surface area contributed by atoms with Crippen LogP contribution in [-0.4, -0.2) is 25.3 Å². The van der Waals surface area contributed by atoms with Gasteiger partial charge in [0.2, 0.25) is 10.0 Å². The zero-order valence-electron chi connectivity index (χ0n) is 10.7. The lowest BCUT2D eigenvalue weighted by atomic mass is 10.0. The van der Waals surface area contributed by atoms with Gasteiger partial charge in [-0.15, -0.1) is 0 Å². The van der Waals surface area contributed by atoms with E-state index in [1.54, 1.807) is 28.6 Å². The van der Waals surface area contributed by atoms with E-state index in [0.717, 1.165) is 25.7 Å². The molecule has 1 aromatic carbocycles. The van der Waals surface area contributed by atoms with Crippen LogP contribution in [0.2, 0.25) is 0 Å². The highest BCUT2D eigenvalue weighted by Gasteiger charge is 2.33. The maximum absolute atomic E-state index is 12.6. The van der Waals surface area contributed by atoms with Crippen LogP contribution in [0.5, 0.6) is 0 Å². The summed E-state index contributed by atoms with van der Waals surface area (Å²) in [5.41, 5.74) is 6.13. The molecule has 1 fully saturated rings. The first-order valence-electron chi connectivity index (χ1n) is 6.43. The largest absolute Gasteiger partial charge is 0.398 e. The fourth-order valence-electron chi connectivity index (χ4n) is 2.54. The summed E-state index contributed by atoms with van der Waals surface area (Å²) in [5.74, 6) is 0. The predicted octanol–water partition coefficient (Wildman–Crippen LogP) is 2.22. The Labute approximate surface area is 109 Å². The Morgan fingerprint density at radius 2 is 2.06 bits per heavy atom. The van der Waals surface area contributed by atoms with Crippen molar-refractivity contribution in [2.45, 2.75) is 43.5 Å². The van der Waals surface area contributed by atoms with Crippen molar-refractivity contribution in [3.8, 4) is 0 Å². The second kappa shape index (κ2) is 5.28. The first-order valence-corrected chi connectivity index (χ1v) is 7.87. The Balaban J connectivity index is 2.39. The molecule has 1 aromatic rings. The summed E-state index contributed by atoms with van der Waals surface area (Å²) in [5, 5.41) is 0. The number of nitrogens with zero attached hydrogens (tertiary/aromatic N) is 1. The molecule has 18 heavy (non-hydrogen) atoms. The van der Waals surface area contributed by atoms with Crippen molar-refractivity contribution < 1.29 is 8.42 Å². The van der Waals surface area contributed by atoms with Gasteiger partial charge >= 0.3 is 0 Å². The van der Waals surface area contributed by atoms with Crippen LogP contribution in [0.4, 0.5) is 5.69 Å². The van der Waals surface area contributed by atoms with E-state index >= 15 is 0 Å². The van der Waals surface area contributed by atoms with E-state index in [4.69, 9.17) is 5.73 Å². The summed E-state index contributed by atoms with van der Waals surface area (Å²) >= 11 is 0. The Morgan fingerprint density at radius 1 is 1.33 bits per heavy atom. The SMILES string of the molecule is CC[C@H]1CCCCN1S(=O)(=O)c1ccccc1N. The molecular weight excluding hydrogens is 248 g/mol. The molecule has 2 N–H and O–H groups in total. The highest BCUT2D eigenvalue weighted by molar-refractivity contribution is 7.89. The van der Waals surface area contributed by atoms with Gasteiger partial charge in [-0.3, -0.25) is 0 Å². The average Bonchev–Trinajstić information content (AvgIpc) is 2.39. The number of hydrogen-bond donors (Lipinski definition) is 1. The van der Waals surface area contributed by atoms with Gasteiger partial charge in [0.15, 0.2) is 0 Å². The molecule has 5 heteroatoms. The summed E-state index contributed by atoms with van der Waals surface area (Å²) in [4.78, 5) is 0.241. The van der Waals surface area contributed by atoms with Gasteiger partial charge < -0.3 is 5.73 Å². The van der Waals surface area contributed by atoms with Crippen molar-refractivity contribution in [1.29, 1.82) is 0 Å². The summed E-state index contributed by atoms with van der Waals surface area (Å²) in [6.45, 7) is 2.64. The van der Waals surface area contributed by atoms with Gasteiger partial charge in [0, 0.05) is 12.6 Å². The normalized spacial score (nSPS) is 21.9. The average molecular weight is 268 g/mol. The number of rotatable bonds is 3. The number of nitrogen functional groups attached to an aromatic ring is 1. The number of sulfonamides is 1. The Hall–Kier alpha value is -1.07. The van der Waals surface area contributed by atoms with Crippen LogP contribution >= 0.6 is 0 Å². The van der Waals surface area contributed by atoms with E-state index in [2.05, 4.69) is 0 Å². The molecule has 1 aliphatic rings. The van der Waals surface area contributed by atoms with E-state index in [1.807, 2.05) is 6.92 Å². The highest BCUT2D eigenvalue weighted by Crippen LogP contribution is 2.29. The van der Waals surface area contributed by atoms with Crippen LogP contribution in [0.3, 0.4) is 0 Å². The minimum Gasteiger partial charge on any atom is -0.398 e. The Kier molecular flexibility index (Phi) is 3.92. The molecule has 0 bridgehead atoms. The van der Waals surface area contributed by atoms with Crippen LogP contribution in [-0.2, 0) is 10.0 Å². The molecule has 1 saturated heterocycles. The maximum Gasteiger partial charge on any atom is 0.245 e. The lowest BCUT2D eigenvalue weighted by molar-refractivity contribution is 0.247. The molecule has 0 unspecified atom stereocenters. The van der Waals surface area contributed by atoms with E-state index in [-0.39, 0.29) is 10.9 Å². The maximum atomic E-state index is 12.6. The molecular formula is C13H20N2O2S. The molecule has 0 aliphatic carbocycles. The fraction of sp³-hybridized carbons (Fsp3) is 0.538. The van der Waals surface area contributed by atoms with Crippen molar-refractivity contribution >= 4 is 15.7 Å². The van der Waals surface area contributed by atoms with Gasteiger partial charge in [0.1, 0.15) is 4.90 Å². The molecule has 0 saturated carbocycles. The molecule has 1 atom stereocenters. The number of nitrogens with two attached hydrogens (primary N) is 1. The second-order valence-electron chi connectivity index (χ2n) is 4.71. The molecule has 1 heterocycles. The standard InChI is InChI=1S/C13H20N2O2S/c1-2-11-7-5-6-10-15(11)18(16,17)13-9-4-3-8-12(13)14/h3-4,8-9,11H,2,5-7,10,14H2,1H3/t11-/m0/s1. The molecule has 0 aromatic heterocycles. The van der Waals surface area contributed by atoms with Crippen molar-refractivity contribution in [2.24, 2.45) is 0 Å². The third-order valence-electron chi connectivity index (χ3n) is 3.55. The topological polar surface area (TPSA) is 63.4 Å². The minimum atomic E-state index is -3.45. The zero-order chi connectivity index (χ0) is 13.2. The van der Waals surface area contributed by atoms with Gasteiger partial charge in [-0.2, -0.15) is 4.31 Å². The zero-order valence-corrected chi connectivity index (χ0v) is 11.5. The summed E-state index contributed by atoms with van der Waals surface area (Å²) in [6, 6.07) is 6.81. The van der Waals surface area contributed by atoms with Crippen molar-refractivity contribution in [3.05, 3.63) is 24.3 Å². The number of para-hydroxylation sites is 1. The van der Waals surface area contributed by atoms with Crippen LogP contribution in [0, 0.1) is 0 Å². The lowest BCUT2D eigenvalue weighted by Gasteiger charge is -2.34. The quantitative estimate of drug-likeness (QED) is 0.855. The molecule has 2 rings (SSSR count).